The van der Waals surface area contributed by atoms with Gasteiger partial charge in [-0.05, 0) is 5.92 Å². The van der Waals surface area contributed by atoms with Gasteiger partial charge in [0.2, 0.25) is 10.0 Å². The van der Waals surface area contributed by atoms with E-state index in [1.807, 2.05) is 6.92 Å². The van der Waals surface area contributed by atoms with Crippen LogP contribution in [0.4, 0.5) is 0 Å². The quantitative estimate of drug-likeness (QED) is 0.482. The number of nitrogens with zero attached hydrogens (tertiary/aromatic N) is 1. The zero-order chi connectivity index (χ0) is 7.07. The molecule has 0 N–H and O–H groups in total. The summed E-state index contributed by atoms with van der Waals surface area (Å²) in [6.07, 6.45) is 0. The Hall–Kier alpha value is -0.0900. The molecule has 4 heteroatoms. The summed E-state index contributed by atoms with van der Waals surface area (Å²) in [6, 6.07) is 0. The van der Waals surface area contributed by atoms with Crippen molar-refractivity contribution < 1.29 is 8.42 Å². The van der Waals surface area contributed by atoms with Crippen LogP contribution in [0.2, 0.25) is 0 Å². The van der Waals surface area contributed by atoms with Gasteiger partial charge in [-0.25, -0.2) is 12.7 Å². The molecule has 0 aliphatic carbocycles. The van der Waals surface area contributed by atoms with Crippen LogP contribution in [0.25, 0.3) is 0 Å². The summed E-state index contributed by atoms with van der Waals surface area (Å²) < 4.78 is 23.2. The van der Waals surface area contributed by atoms with Crippen molar-refractivity contribution in [3.8, 4) is 0 Å². The van der Waals surface area contributed by atoms with Crippen molar-refractivity contribution in [1.82, 2.24) is 4.31 Å². The van der Waals surface area contributed by atoms with Crippen molar-refractivity contribution in [3.63, 3.8) is 0 Å². The first-order chi connectivity index (χ1) is 4.02. The van der Waals surface area contributed by atoms with Crippen LogP contribution in [0.15, 0.2) is 0 Å². The summed E-state index contributed by atoms with van der Waals surface area (Å²) in [7, 11) is -1.22. The second kappa shape index (κ2) is 1.95. The molecule has 0 amide bonds. The lowest BCUT2D eigenvalue weighted by molar-refractivity contribution is 0.475. The molecule has 1 heterocycles. The van der Waals surface area contributed by atoms with Crippen molar-refractivity contribution in [2.45, 2.75) is 6.92 Å². The Balaban J connectivity index is 2.83. The Labute approximate surface area is 55.7 Å². The summed E-state index contributed by atoms with van der Waals surface area (Å²) in [5.74, 6) is 0.628. The lowest BCUT2D eigenvalue weighted by atomic mass is 10.2. The third-order valence-corrected chi connectivity index (χ3v) is 3.63. The maximum absolute atomic E-state index is 10.9. The predicted molar refractivity (Wildman–Crippen MR) is 35.6 cm³/mol. The molecule has 1 fully saturated rings. The number of sulfonamides is 1. The SMILES string of the molecule is CC1CN(C)S(=O)(=O)C1. The summed E-state index contributed by atoms with van der Waals surface area (Å²) >= 11 is 0. The molecule has 1 atom stereocenters. The van der Waals surface area contributed by atoms with E-state index in [2.05, 4.69) is 0 Å². The molecule has 1 aliphatic rings. The Morgan fingerprint density at radius 3 is 2.22 bits per heavy atom. The molecule has 0 aromatic carbocycles. The Bertz CT molecular complexity index is 197. The topological polar surface area (TPSA) is 37.4 Å². The van der Waals surface area contributed by atoms with E-state index < -0.39 is 10.0 Å². The molecule has 3 nitrogen and oxygen atoms in total. The monoisotopic (exact) mass is 149 g/mol. The standard InChI is InChI=1S/C5H11NO2S/c1-5-3-6(2)9(7,8)4-5/h5H,3-4H2,1-2H3. The molecule has 54 valence electrons. The van der Waals surface area contributed by atoms with Crippen LogP contribution in [0, 0.1) is 5.92 Å². The van der Waals surface area contributed by atoms with Gasteiger partial charge in [-0.15, -0.1) is 0 Å². The highest BCUT2D eigenvalue weighted by Gasteiger charge is 2.29. The fourth-order valence-electron chi connectivity index (χ4n) is 1.09. The highest BCUT2D eigenvalue weighted by molar-refractivity contribution is 7.89. The average molecular weight is 149 g/mol. The summed E-state index contributed by atoms with van der Waals surface area (Å²) in [4.78, 5) is 0. The maximum atomic E-state index is 10.9. The second-order valence-corrected chi connectivity index (χ2v) is 4.78. The first-order valence-electron chi connectivity index (χ1n) is 2.96. The van der Waals surface area contributed by atoms with Gasteiger partial charge in [0, 0.05) is 13.6 Å². The minimum atomic E-state index is -2.84. The van der Waals surface area contributed by atoms with Crippen LogP contribution in [-0.4, -0.2) is 32.1 Å². The van der Waals surface area contributed by atoms with Crippen LogP contribution in [0.5, 0.6) is 0 Å². The van der Waals surface area contributed by atoms with E-state index in [4.69, 9.17) is 0 Å². The van der Waals surface area contributed by atoms with Gasteiger partial charge in [-0.2, -0.15) is 0 Å². The van der Waals surface area contributed by atoms with E-state index in [-0.39, 0.29) is 0 Å². The van der Waals surface area contributed by atoms with Gasteiger partial charge in [0.15, 0.2) is 0 Å². The van der Waals surface area contributed by atoms with Crippen LogP contribution < -0.4 is 0 Å². The first-order valence-corrected chi connectivity index (χ1v) is 4.57. The Morgan fingerprint density at radius 2 is 2.11 bits per heavy atom. The Kier molecular flexibility index (Phi) is 1.52. The molecule has 0 bridgehead atoms. The minimum absolute atomic E-state index is 0.306. The van der Waals surface area contributed by atoms with Gasteiger partial charge in [-0.1, -0.05) is 6.92 Å². The minimum Gasteiger partial charge on any atom is -0.212 e. The Morgan fingerprint density at radius 1 is 1.56 bits per heavy atom. The third kappa shape index (κ3) is 1.24. The summed E-state index contributed by atoms with van der Waals surface area (Å²) in [5, 5.41) is 0. The lowest BCUT2D eigenvalue weighted by Gasteiger charge is -2.03. The molecule has 1 aliphatic heterocycles. The van der Waals surface area contributed by atoms with Gasteiger partial charge < -0.3 is 0 Å². The third-order valence-electron chi connectivity index (χ3n) is 1.54. The van der Waals surface area contributed by atoms with E-state index in [1.54, 1.807) is 7.05 Å². The number of rotatable bonds is 0. The smallest absolute Gasteiger partial charge is 0.212 e. The lowest BCUT2D eigenvalue weighted by Crippen LogP contribution is -2.20. The van der Waals surface area contributed by atoms with Crippen LogP contribution in [-0.2, 0) is 10.0 Å². The van der Waals surface area contributed by atoms with Gasteiger partial charge in [0.1, 0.15) is 0 Å². The van der Waals surface area contributed by atoms with Crippen molar-refractivity contribution in [3.05, 3.63) is 0 Å². The average Bonchev–Trinajstić information content (AvgIpc) is 1.79. The largest absolute Gasteiger partial charge is 0.214 e. The number of hydrogen-bond donors (Lipinski definition) is 0. The molecule has 0 radical (unpaired) electrons. The van der Waals surface area contributed by atoms with Crippen LogP contribution in [0.3, 0.4) is 0 Å². The predicted octanol–water partition coefficient (Wildman–Crippen LogP) is -0.102. The molecular formula is C5H11NO2S. The second-order valence-electron chi connectivity index (χ2n) is 2.66. The van der Waals surface area contributed by atoms with Crippen molar-refractivity contribution >= 4 is 10.0 Å². The number of hydrogen-bond acceptors (Lipinski definition) is 2. The normalized spacial score (nSPS) is 35.1. The first kappa shape index (κ1) is 7.02. The molecule has 9 heavy (non-hydrogen) atoms. The van der Waals surface area contributed by atoms with E-state index in [0.29, 0.717) is 18.2 Å². The molecule has 1 rings (SSSR count). The van der Waals surface area contributed by atoms with E-state index in [9.17, 15) is 8.42 Å². The molecular weight excluding hydrogens is 138 g/mol. The summed E-state index contributed by atoms with van der Waals surface area (Å²) in [6.45, 7) is 2.63. The fourth-order valence-corrected chi connectivity index (χ4v) is 2.65. The van der Waals surface area contributed by atoms with E-state index in [0.717, 1.165) is 0 Å². The molecule has 0 aromatic heterocycles. The zero-order valence-corrected chi connectivity index (χ0v) is 6.48. The molecule has 1 saturated heterocycles. The van der Waals surface area contributed by atoms with Crippen LogP contribution in [0.1, 0.15) is 6.92 Å². The highest BCUT2D eigenvalue weighted by Crippen LogP contribution is 2.15. The fraction of sp³-hybridized carbons (Fsp3) is 1.00. The van der Waals surface area contributed by atoms with Gasteiger partial charge in [0.25, 0.3) is 0 Å². The van der Waals surface area contributed by atoms with Crippen LogP contribution >= 0.6 is 0 Å². The molecule has 0 aromatic rings. The van der Waals surface area contributed by atoms with E-state index in [1.165, 1.54) is 4.31 Å². The van der Waals surface area contributed by atoms with Crippen molar-refractivity contribution in [2.24, 2.45) is 5.92 Å². The maximum Gasteiger partial charge on any atom is 0.214 e. The zero-order valence-electron chi connectivity index (χ0n) is 5.66. The van der Waals surface area contributed by atoms with Gasteiger partial charge in [0.05, 0.1) is 5.75 Å². The molecule has 0 spiro atoms. The molecule has 1 unspecified atom stereocenters. The van der Waals surface area contributed by atoms with Crippen molar-refractivity contribution in [1.29, 1.82) is 0 Å². The molecule has 0 saturated carbocycles. The van der Waals surface area contributed by atoms with Gasteiger partial charge in [-0.3, -0.25) is 0 Å². The van der Waals surface area contributed by atoms with Gasteiger partial charge >= 0.3 is 0 Å². The highest BCUT2D eigenvalue weighted by atomic mass is 32.2. The van der Waals surface area contributed by atoms with Crippen molar-refractivity contribution in [2.75, 3.05) is 19.3 Å². The summed E-state index contributed by atoms with van der Waals surface area (Å²) in [5.41, 5.74) is 0. The van der Waals surface area contributed by atoms with E-state index >= 15 is 0 Å².